The second-order valence-electron chi connectivity index (χ2n) is 6.42. The fourth-order valence-corrected chi connectivity index (χ4v) is 4.53. The highest BCUT2D eigenvalue weighted by molar-refractivity contribution is 7.89. The topological polar surface area (TPSA) is 66.5 Å². The van der Waals surface area contributed by atoms with Crippen LogP contribution in [0.5, 0.6) is 0 Å². The summed E-state index contributed by atoms with van der Waals surface area (Å²) in [6, 6.07) is 8.40. The van der Waals surface area contributed by atoms with Gasteiger partial charge in [0.25, 0.3) is 5.91 Å². The summed E-state index contributed by atoms with van der Waals surface area (Å²) in [6.45, 7) is 1.01. The third kappa shape index (κ3) is 4.51. The molecule has 1 fully saturated rings. The molecule has 1 saturated heterocycles. The molecule has 1 heterocycles. The molecule has 0 spiro atoms. The van der Waals surface area contributed by atoms with Crippen molar-refractivity contribution in [1.29, 1.82) is 0 Å². The first-order valence-electron chi connectivity index (χ1n) is 8.74. The zero-order valence-corrected chi connectivity index (χ0v) is 15.4. The van der Waals surface area contributed by atoms with Crippen molar-refractivity contribution in [3.63, 3.8) is 0 Å². The summed E-state index contributed by atoms with van der Waals surface area (Å²) in [5.41, 5.74) is 0.0243. The molecule has 0 radical (unpaired) electrons. The number of amides is 1. The average molecular weight is 394 g/mol. The Morgan fingerprint density at radius 2 is 1.56 bits per heavy atom. The largest absolute Gasteiger partial charge is 0.322 e. The van der Waals surface area contributed by atoms with Gasteiger partial charge in [0.15, 0.2) is 0 Å². The summed E-state index contributed by atoms with van der Waals surface area (Å²) in [4.78, 5) is 12.3. The fourth-order valence-electron chi connectivity index (χ4n) is 3.01. The maximum absolute atomic E-state index is 13.7. The number of anilines is 1. The van der Waals surface area contributed by atoms with E-state index < -0.39 is 27.6 Å². The van der Waals surface area contributed by atoms with Crippen LogP contribution < -0.4 is 5.32 Å². The van der Waals surface area contributed by atoms with Gasteiger partial charge in [-0.25, -0.2) is 17.2 Å². The van der Waals surface area contributed by atoms with Gasteiger partial charge in [0, 0.05) is 24.8 Å². The second kappa shape index (κ2) is 8.14. The summed E-state index contributed by atoms with van der Waals surface area (Å²) in [5, 5.41) is 2.48. The smallest absolute Gasteiger partial charge is 0.258 e. The third-order valence-corrected chi connectivity index (χ3v) is 6.40. The molecule has 0 bridgehead atoms. The number of sulfonamides is 1. The van der Waals surface area contributed by atoms with Crippen molar-refractivity contribution in [2.24, 2.45) is 0 Å². The van der Waals surface area contributed by atoms with Gasteiger partial charge < -0.3 is 5.32 Å². The summed E-state index contributed by atoms with van der Waals surface area (Å²) in [6.07, 6.45) is 3.74. The van der Waals surface area contributed by atoms with Crippen molar-refractivity contribution in [2.45, 2.75) is 30.6 Å². The van der Waals surface area contributed by atoms with E-state index in [4.69, 9.17) is 0 Å². The van der Waals surface area contributed by atoms with Crippen molar-refractivity contribution >= 4 is 21.6 Å². The Morgan fingerprint density at radius 3 is 2.15 bits per heavy atom. The molecule has 5 nitrogen and oxygen atoms in total. The summed E-state index contributed by atoms with van der Waals surface area (Å²) in [5.74, 6) is -2.48. The molecule has 0 aromatic heterocycles. The van der Waals surface area contributed by atoms with E-state index in [0.717, 1.165) is 37.8 Å². The van der Waals surface area contributed by atoms with E-state index in [-0.39, 0.29) is 10.5 Å². The van der Waals surface area contributed by atoms with Crippen LogP contribution in [0.2, 0.25) is 0 Å². The first-order valence-corrected chi connectivity index (χ1v) is 10.2. The first kappa shape index (κ1) is 19.4. The summed E-state index contributed by atoms with van der Waals surface area (Å²) in [7, 11) is -3.58. The van der Waals surface area contributed by atoms with E-state index in [0.29, 0.717) is 24.8 Å². The molecule has 0 aliphatic carbocycles. The molecule has 1 amide bonds. The standard InChI is InChI=1S/C19H20F2N2O3S/c20-14-5-10-17(18(21)13-14)19(24)22-15-6-8-16(9-7-15)27(25,26)23-11-3-1-2-4-12-23/h5-10,13H,1-4,11-12H2,(H,22,24). The maximum atomic E-state index is 13.7. The zero-order valence-electron chi connectivity index (χ0n) is 14.6. The number of rotatable bonds is 4. The van der Waals surface area contributed by atoms with Crippen molar-refractivity contribution < 1.29 is 22.0 Å². The molecule has 3 rings (SSSR count). The van der Waals surface area contributed by atoms with Crippen molar-refractivity contribution in [2.75, 3.05) is 18.4 Å². The Morgan fingerprint density at radius 1 is 0.926 bits per heavy atom. The maximum Gasteiger partial charge on any atom is 0.258 e. The summed E-state index contributed by atoms with van der Waals surface area (Å²) < 4.78 is 53.6. The molecule has 1 aliphatic heterocycles. The van der Waals surface area contributed by atoms with Gasteiger partial charge in [-0.1, -0.05) is 12.8 Å². The van der Waals surface area contributed by atoms with Crippen LogP contribution in [0, 0.1) is 11.6 Å². The van der Waals surface area contributed by atoms with Gasteiger partial charge in [-0.05, 0) is 49.2 Å². The minimum absolute atomic E-state index is 0.148. The lowest BCUT2D eigenvalue weighted by Gasteiger charge is -2.20. The van der Waals surface area contributed by atoms with E-state index >= 15 is 0 Å². The monoisotopic (exact) mass is 394 g/mol. The van der Waals surface area contributed by atoms with Crippen LogP contribution >= 0.6 is 0 Å². The zero-order chi connectivity index (χ0) is 19.4. The molecular formula is C19H20F2N2O3S. The normalized spacial score (nSPS) is 15.9. The van der Waals surface area contributed by atoms with E-state index in [2.05, 4.69) is 5.32 Å². The van der Waals surface area contributed by atoms with Crippen molar-refractivity contribution in [3.05, 3.63) is 59.7 Å². The van der Waals surface area contributed by atoms with Crippen LogP contribution in [0.1, 0.15) is 36.0 Å². The fraction of sp³-hybridized carbons (Fsp3) is 0.316. The van der Waals surface area contributed by atoms with E-state index in [1.807, 2.05) is 0 Å². The number of nitrogens with zero attached hydrogens (tertiary/aromatic N) is 1. The quantitative estimate of drug-likeness (QED) is 0.858. The van der Waals surface area contributed by atoms with Crippen LogP contribution in [0.4, 0.5) is 14.5 Å². The van der Waals surface area contributed by atoms with Gasteiger partial charge in [-0.3, -0.25) is 4.79 Å². The Hall–Kier alpha value is -2.32. The molecule has 27 heavy (non-hydrogen) atoms. The Labute approximate surface area is 157 Å². The number of benzene rings is 2. The Balaban J connectivity index is 1.74. The summed E-state index contributed by atoms with van der Waals surface area (Å²) >= 11 is 0. The Bertz CT molecular complexity index is 922. The number of hydrogen-bond donors (Lipinski definition) is 1. The highest BCUT2D eigenvalue weighted by Crippen LogP contribution is 2.22. The Kier molecular flexibility index (Phi) is 5.86. The lowest BCUT2D eigenvalue weighted by Crippen LogP contribution is -2.31. The number of halogens is 2. The molecular weight excluding hydrogens is 374 g/mol. The highest BCUT2D eigenvalue weighted by Gasteiger charge is 2.25. The highest BCUT2D eigenvalue weighted by atomic mass is 32.2. The van der Waals surface area contributed by atoms with Gasteiger partial charge in [0.1, 0.15) is 11.6 Å². The molecule has 0 unspecified atom stereocenters. The van der Waals surface area contributed by atoms with Crippen molar-refractivity contribution in [3.8, 4) is 0 Å². The van der Waals surface area contributed by atoms with Gasteiger partial charge in [0.2, 0.25) is 10.0 Å². The van der Waals surface area contributed by atoms with Crippen molar-refractivity contribution in [1.82, 2.24) is 4.31 Å². The van der Waals surface area contributed by atoms with E-state index in [9.17, 15) is 22.0 Å². The molecule has 0 saturated carbocycles. The lowest BCUT2D eigenvalue weighted by molar-refractivity contribution is 0.102. The lowest BCUT2D eigenvalue weighted by atomic mass is 10.2. The van der Waals surface area contributed by atoms with Crippen LogP contribution in [-0.2, 0) is 10.0 Å². The molecule has 0 atom stereocenters. The molecule has 8 heteroatoms. The van der Waals surface area contributed by atoms with Crippen LogP contribution in [0.15, 0.2) is 47.4 Å². The van der Waals surface area contributed by atoms with E-state index in [1.165, 1.54) is 28.6 Å². The number of nitrogens with one attached hydrogen (secondary N) is 1. The second-order valence-corrected chi connectivity index (χ2v) is 8.36. The molecule has 1 aliphatic rings. The number of hydrogen-bond acceptors (Lipinski definition) is 3. The molecule has 2 aromatic carbocycles. The third-order valence-electron chi connectivity index (χ3n) is 4.49. The average Bonchev–Trinajstić information content (AvgIpc) is 2.92. The van der Waals surface area contributed by atoms with Gasteiger partial charge in [-0.2, -0.15) is 4.31 Å². The molecule has 2 aromatic rings. The number of carbonyl (C=O) groups is 1. The van der Waals surface area contributed by atoms with Crippen LogP contribution in [0.25, 0.3) is 0 Å². The first-order chi connectivity index (χ1) is 12.9. The predicted octanol–water partition coefficient (Wildman–Crippen LogP) is 3.78. The predicted molar refractivity (Wildman–Crippen MR) is 98.0 cm³/mol. The molecule has 1 N–H and O–H groups in total. The van der Waals surface area contributed by atoms with Crippen LogP contribution in [-0.4, -0.2) is 31.7 Å². The van der Waals surface area contributed by atoms with Gasteiger partial charge in [0.05, 0.1) is 10.5 Å². The van der Waals surface area contributed by atoms with Gasteiger partial charge >= 0.3 is 0 Å². The molecule has 144 valence electrons. The van der Waals surface area contributed by atoms with E-state index in [1.54, 1.807) is 0 Å². The minimum Gasteiger partial charge on any atom is -0.322 e. The van der Waals surface area contributed by atoms with Gasteiger partial charge in [-0.15, -0.1) is 0 Å². The SMILES string of the molecule is O=C(Nc1ccc(S(=O)(=O)N2CCCCCC2)cc1)c1ccc(F)cc1F. The minimum atomic E-state index is -3.58. The van der Waals surface area contributed by atoms with Crippen LogP contribution in [0.3, 0.4) is 0 Å². The number of carbonyl (C=O) groups excluding carboxylic acids is 1.